The molecular formula is C22H21BrClNO. The summed E-state index contributed by atoms with van der Waals surface area (Å²) in [6, 6.07) is 20.3. The number of nitrogens with one attached hydrogen (secondary N) is 1. The second-order valence-electron chi connectivity index (χ2n) is 6.32. The van der Waals surface area contributed by atoms with E-state index in [9.17, 15) is 0 Å². The first kappa shape index (κ1) is 18.8. The molecule has 0 fully saturated rings. The standard InChI is InChI=1S/C22H21BrClNO/c1-15-7-9-21(16(2)11-15)25-13-17-8-10-22(19(23)12-17)26-14-18-5-3-4-6-20(18)24/h3-12,25H,13-14H2,1-2H3. The zero-order chi connectivity index (χ0) is 18.5. The van der Waals surface area contributed by atoms with Crippen molar-refractivity contribution in [2.75, 3.05) is 5.32 Å². The zero-order valence-corrected chi connectivity index (χ0v) is 17.2. The maximum Gasteiger partial charge on any atom is 0.134 e. The Hall–Kier alpha value is -1.97. The van der Waals surface area contributed by atoms with Crippen LogP contribution in [0.2, 0.25) is 5.02 Å². The fourth-order valence-corrected chi connectivity index (χ4v) is 3.48. The Labute approximate surface area is 168 Å². The van der Waals surface area contributed by atoms with Crippen molar-refractivity contribution in [2.45, 2.75) is 27.0 Å². The SMILES string of the molecule is Cc1ccc(NCc2ccc(OCc3ccccc3Cl)c(Br)c2)c(C)c1. The smallest absolute Gasteiger partial charge is 0.134 e. The molecule has 0 atom stereocenters. The second kappa shape index (κ2) is 8.61. The maximum atomic E-state index is 6.18. The molecule has 3 rings (SSSR count). The average molecular weight is 431 g/mol. The number of aryl methyl sites for hydroxylation is 2. The van der Waals surface area contributed by atoms with E-state index in [4.69, 9.17) is 16.3 Å². The third kappa shape index (κ3) is 4.80. The lowest BCUT2D eigenvalue weighted by molar-refractivity contribution is 0.304. The molecule has 134 valence electrons. The van der Waals surface area contributed by atoms with Gasteiger partial charge in [-0.05, 0) is 65.2 Å². The minimum atomic E-state index is 0.443. The normalized spacial score (nSPS) is 10.6. The van der Waals surface area contributed by atoms with Gasteiger partial charge in [0.05, 0.1) is 4.47 Å². The van der Waals surface area contributed by atoms with E-state index in [-0.39, 0.29) is 0 Å². The van der Waals surface area contributed by atoms with Gasteiger partial charge >= 0.3 is 0 Å². The van der Waals surface area contributed by atoms with Crippen molar-refractivity contribution < 1.29 is 4.74 Å². The van der Waals surface area contributed by atoms with Crippen molar-refractivity contribution in [3.8, 4) is 5.75 Å². The first-order chi connectivity index (χ1) is 12.5. The maximum absolute atomic E-state index is 6.18. The van der Waals surface area contributed by atoms with Gasteiger partial charge in [0.2, 0.25) is 0 Å². The van der Waals surface area contributed by atoms with Crippen molar-refractivity contribution >= 4 is 33.2 Å². The molecule has 0 aromatic heterocycles. The monoisotopic (exact) mass is 429 g/mol. The number of anilines is 1. The van der Waals surface area contributed by atoms with Crippen LogP contribution in [-0.2, 0) is 13.2 Å². The molecule has 0 amide bonds. The van der Waals surface area contributed by atoms with Gasteiger partial charge in [0.25, 0.3) is 0 Å². The molecule has 0 saturated heterocycles. The highest BCUT2D eigenvalue weighted by Crippen LogP contribution is 2.28. The van der Waals surface area contributed by atoms with E-state index >= 15 is 0 Å². The van der Waals surface area contributed by atoms with Crippen molar-refractivity contribution in [1.29, 1.82) is 0 Å². The van der Waals surface area contributed by atoms with Gasteiger partial charge in [0.15, 0.2) is 0 Å². The molecule has 0 aliphatic heterocycles. The predicted molar refractivity (Wildman–Crippen MR) is 113 cm³/mol. The topological polar surface area (TPSA) is 21.3 Å². The summed E-state index contributed by atoms with van der Waals surface area (Å²) >= 11 is 9.78. The molecule has 3 aromatic rings. The minimum Gasteiger partial charge on any atom is -0.488 e. The van der Waals surface area contributed by atoms with Crippen molar-refractivity contribution in [2.24, 2.45) is 0 Å². The van der Waals surface area contributed by atoms with Crippen molar-refractivity contribution in [3.05, 3.63) is 92.4 Å². The highest BCUT2D eigenvalue weighted by atomic mass is 79.9. The van der Waals surface area contributed by atoms with Gasteiger partial charge in [-0.1, -0.05) is 53.6 Å². The minimum absolute atomic E-state index is 0.443. The molecule has 26 heavy (non-hydrogen) atoms. The number of hydrogen-bond donors (Lipinski definition) is 1. The predicted octanol–water partition coefficient (Wildman–Crippen LogP) is 6.91. The Morgan fingerprint density at radius 3 is 2.54 bits per heavy atom. The van der Waals surface area contributed by atoms with E-state index in [2.05, 4.69) is 65.4 Å². The van der Waals surface area contributed by atoms with Crippen LogP contribution in [0.3, 0.4) is 0 Å². The highest BCUT2D eigenvalue weighted by Gasteiger charge is 2.06. The molecule has 4 heteroatoms. The fraction of sp³-hybridized carbons (Fsp3) is 0.182. The third-order valence-corrected chi connectivity index (χ3v) is 5.19. The molecule has 0 aliphatic rings. The van der Waals surface area contributed by atoms with E-state index in [1.165, 1.54) is 16.7 Å². The van der Waals surface area contributed by atoms with Crippen molar-refractivity contribution in [1.82, 2.24) is 0 Å². The molecule has 1 N–H and O–H groups in total. The third-order valence-electron chi connectivity index (χ3n) is 4.20. The molecule has 0 aliphatic carbocycles. The summed E-state index contributed by atoms with van der Waals surface area (Å²) in [6.45, 7) is 5.43. The Morgan fingerprint density at radius 2 is 1.81 bits per heavy atom. The first-order valence-corrected chi connectivity index (χ1v) is 9.66. The molecular weight excluding hydrogens is 410 g/mol. The van der Waals surface area contributed by atoms with E-state index in [1.54, 1.807) is 0 Å². The van der Waals surface area contributed by atoms with Crippen LogP contribution in [-0.4, -0.2) is 0 Å². The number of benzene rings is 3. The number of ether oxygens (including phenoxy) is 1. The van der Waals surface area contributed by atoms with Gasteiger partial charge in [-0.3, -0.25) is 0 Å². The van der Waals surface area contributed by atoms with Crippen LogP contribution in [0.15, 0.2) is 65.1 Å². The Morgan fingerprint density at radius 1 is 1.00 bits per heavy atom. The lowest BCUT2D eigenvalue weighted by atomic mass is 10.1. The van der Waals surface area contributed by atoms with Gasteiger partial charge < -0.3 is 10.1 Å². The largest absolute Gasteiger partial charge is 0.488 e. The van der Waals surface area contributed by atoms with Gasteiger partial charge in [-0.25, -0.2) is 0 Å². The first-order valence-electron chi connectivity index (χ1n) is 8.48. The fourth-order valence-electron chi connectivity index (χ4n) is 2.75. The molecule has 0 saturated carbocycles. The average Bonchev–Trinajstić information content (AvgIpc) is 2.61. The Bertz CT molecular complexity index is 910. The lowest BCUT2D eigenvalue weighted by Crippen LogP contribution is -2.02. The lowest BCUT2D eigenvalue weighted by Gasteiger charge is -2.13. The number of halogens is 2. The molecule has 0 spiro atoms. The summed E-state index contributed by atoms with van der Waals surface area (Å²) in [4.78, 5) is 0. The highest BCUT2D eigenvalue weighted by molar-refractivity contribution is 9.10. The van der Waals surface area contributed by atoms with Crippen molar-refractivity contribution in [3.63, 3.8) is 0 Å². The van der Waals surface area contributed by atoms with Gasteiger partial charge in [-0.2, -0.15) is 0 Å². The molecule has 0 unspecified atom stereocenters. The van der Waals surface area contributed by atoms with Crippen LogP contribution in [0.1, 0.15) is 22.3 Å². The van der Waals surface area contributed by atoms with Crippen LogP contribution in [0.4, 0.5) is 5.69 Å². The number of rotatable bonds is 6. The van der Waals surface area contributed by atoms with Crippen LogP contribution < -0.4 is 10.1 Å². The van der Waals surface area contributed by atoms with Gasteiger partial charge in [0.1, 0.15) is 12.4 Å². The van der Waals surface area contributed by atoms with E-state index < -0.39 is 0 Å². The van der Waals surface area contributed by atoms with E-state index in [0.717, 1.165) is 33.0 Å². The van der Waals surface area contributed by atoms with Crippen LogP contribution in [0, 0.1) is 13.8 Å². The van der Waals surface area contributed by atoms with E-state index in [1.807, 2.05) is 30.3 Å². The van der Waals surface area contributed by atoms with Gasteiger partial charge in [-0.15, -0.1) is 0 Å². The molecule has 0 bridgehead atoms. The molecule has 0 radical (unpaired) electrons. The molecule has 0 heterocycles. The summed E-state index contributed by atoms with van der Waals surface area (Å²) in [7, 11) is 0. The van der Waals surface area contributed by atoms with E-state index in [0.29, 0.717) is 6.61 Å². The van der Waals surface area contributed by atoms with Crippen LogP contribution in [0.25, 0.3) is 0 Å². The molecule has 3 aromatic carbocycles. The van der Waals surface area contributed by atoms with Gasteiger partial charge in [0, 0.05) is 22.8 Å². The quantitative estimate of drug-likeness (QED) is 0.458. The summed E-state index contributed by atoms with van der Waals surface area (Å²) in [5, 5.41) is 4.21. The van der Waals surface area contributed by atoms with Crippen LogP contribution >= 0.6 is 27.5 Å². The summed E-state index contributed by atoms with van der Waals surface area (Å²) in [5.74, 6) is 0.806. The van der Waals surface area contributed by atoms with Crippen LogP contribution in [0.5, 0.6) is 5.75 Å². The zero-order valence-electron chi connectivity index (χ0n) is 14.9. The summed E-state index contributed by atoms with van der Waals surface area (Å²) < 4.78 is 6.84. The summed E-state index contributed by atoms with van der Waals surface area (Å²) in [5.41, 5.74) is 5.84. The Balaban J connectivity index is 1.63. The molecule has 2 nitrogen and oxygen atoms in total. The second-order valence-corrected chi connectivity index (χ2v) is 7.58. The summed E-state index contributed by atoms with van der Waals surface area (Å²) in [6.07, 6.45) is 0. The number of hydrogen-bond acceptors (Lipinski definition) is 2. The Kier molecular flexibility index (Phi) is 6.23.